The van der Waals surface area contributed by atoms with Gasteiger partial charge < -0.3 is 5.11 Å². The van der Waals surface area contributed by atoms with Crippen LogP contribution in [-0.4, -0.2) is 10.7 Å². The maximum absolute atomic E-state index is 11.2. The van der Waals surface area contributed by atoms with E-state index in [2.05, 4.69) is 33.8 Å². The van der Waals surface area contributed by atoms with Crippen molar-refractivity contribution in [3.8, 4) is 0 Å². The Labute approximate surface area is 99.9 Å². The summed E-state index contributed by atoms with van der Waals surface area (Å²) in [7, 11) is 0. The largest absolute Gasteiger partial charge is 0.389 e. The number of hydrogen-bond donors (Lipinski definition) is 1. The minimum absolute atomic E-state index is 0.125. The van der Waals surface area contributed by atoms with Crippen molar-refractivity contribution in [1.82, 2.24) is 0 Å². The van der Waals surface area contributed by atoms with Gasteiger partial charge in [-0.1, -0.05) is 32.4 Å². The molecule has 0 bridgehead atoms. The molecular weight excluding hydrogens is 196 g/mol. The van der Waals surface area contributed by atoms with Crippen LogP contribution in [0.2, 0.25) is 0 Å². The number of rotatable bonds is 1. The highest BCUT2D eigenvalue weighted by Gasteiger charge is 2.56. The molecule has 2 rings (SSSR count). The van der Waals surface area contributed by atoms with Crippen LogP contribution < -0.4 is 0 Å². The summed E-state index contributed by atoms with van der Waals surface area (Å²) in [5.74, 6) is 1.10. The lowest BCUT2D eigenvalue weighted by Crippen LogP contribution is -2.47. The van der Waals surface area contributed by atoms with E-state index in [1.54, 1.807) is 0 Å². The van der Waals surface area contributed by atoms with Gasteiger partial charge in [0.2, 0.25) is 0 Å². The highest BCUT2D eigenvalue weighted by molar-refractivity contribution is 5.15. The third-order valence-corrected chi connectivity index (χ3v) is 5.27. The van der Waals surface area contributed by atoms with E-state index in [4.69, 9.17) is 0 Å². The molecule has 1 unspecified atom stereocenters. The van der Waals surface area contributed by atoms with Crippen LogP contribution >= 0.6 is 0 Å². The Bertz CT molecular complexity index is 305. The predicted molar refractivity (Wildman–Crippen MR) is 68.2 cm³/mol. The summed E-state index contributed by atoms with van der Waals surface area (Å²) in [5, 5.41) is 11.2. The van der Waals surface area contributed by atoms with Crippen molar-refractivity contribution in [2.75, 3.05) is 0 Å². The number of allylic oxidation sites excluding steroid dienone is 2. The first-order chi connectivity index (χ1) is 7.39. The molecule has 0 aliphatic heterocycles. The third kappa shape index (κ3) is 1.64. The van der Waals surface area contributed by atoms with Crippen LogP contribution in [0, 0.1) is 17.3 Å². The molecule has 2 aliphatic rings. The fourth-order valence-electron chi connectivity index (χ4n) is 3.92. The maximum Gasteiger partial charge on any atom is 0.0737 e. The van der Waals surface area contributed by atoms with E-state index in [9.17, 15) is 5.11 Å². The van der Waals surface area contributed by atoms with Crippen LogP contribution in [0.25, 0.3) is 0 Å². The summed E-state index contributed by atoms with van der Waals surface area (Å²) in [4.78, 5) is 0. The van der Waals surface area contributed by atoms with Gasteiger partial charge in [0, 0.05) is 5.41 Å². The lowest BCUT2D eigenvalue weighted by Gasteiger charge is -2.43. The zero-order valence-corrected chi connectivity index (χ0v) is 11.2. The van der Waals surface area contributed by atoms with Gasteiger partial charge in [-0.25, -0.2) is 0 Å². The quantitative estimate of drug-likeness (QED) is 0.667. The SMILES string of the molecule is CC1=CC[C@@]2(C)CCC(C(C)C)[C@@]2(O)CC1. The van der Waals surface area contributed by atoms with Crippen LogP contribution in [0.1, 0.15) is 59.8 Å². The molecule has 0 radical (unpaired) electrons. The van der Waals surface area contributed by atoms with E-state index in [0.717, 1.165) is 19.3 Å². The van der Waals surface area contributed by atoms with Crippen molar-refractivity contribution >= 4 is 0 Å². The zero-order chi connectivity index (χ0) is 12.0. The molecule has 0 aromatic heterocycles. The normalized spacial score (nSPS) is 44.1. The topological polar surface area (TPSA) is 20.2 Å². The second-order valence-corrected chi connectivity index (χ2v) is 6.63. The van der Waals surface area contributed by atoms with E-state index < -0.39 is 5.60 Å². The van der Waals surface area contributed by atoms with Crippen molar-refractivity contribution in [3.05, 3.63) is 11.6 Å². The first-order valence-corrected chi connectivity index (χ1v) is 6.77. The van der Waals surface area contributed by atoms with Crippen molar-refractivity contribution in [3.63, 3.8) is 0 Å². The summed E-state index contributed by atoms with van der Waals surface area (Å²) < 4.78 is 0. The molecule has 1 heteroatoms. The monoisotopic (exact) mass is 222 g/mol. The molecule has 92 valence electrons. The minimum Gasteiger partial charge on any atom is -0.389 e. The van der Waals surface area contributed by atoms with E-state index >= 15 is 0 Å². The average molecular weight is 222 g/mol. The maximum atomic E-state index is 11.2. The average Bonchev–Trinajstić information content (AvgIpc) is 2.41. The van der Waals surface area contributed by atoms with Gasteiger partial charge in [0.1, 0.15) is 0 Å². The molecule has 2 aliphatic carbocycles. The number of hydrogen-bond acceptors (Lipinski definition) is 1. The lowest BCUT2D eigenvalue weighted by molar-refractivity contribution is -0.0975. The summed E-state index contributed by atoms with van der Waals surface area (Å²) in [6, 6.07) is 0. The van der Waals surface area contributed by atoms with Gasteiger partial charge in [0.15, 0.2) is 0 Å². The van der Waals surface area contributed by atoms with Gasteiger partial charge in [-0.05, 0) is 50.9 Å². The zero-order valence-electron chi connectivity index (χ0n) is 11.2. The summed E-state index contributed by atoms with van der Waals surface area (Å²) in [5.41, 5.74) is 1.17. The van der Waals surface area contributed by atoms with Crippen molar-refractivity contribution in [2.45, 2.75) is 65.4 Å². The second kappa shape index (κ2) is 3.87. The fourth-order valence-corrected chi connectivity index (χ4v) is 3.92. The number of fused-ring (bicyclic) bond motifs is 1. The molecule has 3 atom stereocenters. The van der Waals surface area contributed by atoms with E-state index in [1.165, 1.54) is 18.4 Å². The molecule has 16 heavy (non-hydrogen) atoms. The Balaban J connectivity index is 2.32. The Hall–Kier alpha value is -0.300. The molecule has 0 aromatic carbocycles. The van der Waals surface area contributed by atoms with Crippen LogP contribution in [0.3, 0.4) is 0 Å². The van der Waals surface area contributed by atoms with Crippen molar-refractivity contribution in [1.29, 1.82) is 0 Å². The Kier molecular flexibility index (Phi) is 2.94. The van der Waals surface area contributed by atoms with Crippen molar-refractivity contribution in [2.24, 2.45) is 17.3 Å². The molecule has 0 spiro atoms. The molecule has 1 saturated carbocycles. The van der Waals surface area contributed by atoms with Crippen LogP contribution in [-0.2, 0) is 0 Å². The fraction of sp³-hybridized carbons (Fsp3) is 0.867. The Morgan fingerprint density at radius 3 is 2.69 bits per heavy atom. The Morgan fingerprint density at radius 2 is 2.06 bits per heavy atom. The van der Waals surface area contributed by atoms with Crippen molar-refractivity contribution < 1.29 is 5.11 Å². The lowest BCUT2D eigenvalue weighted by atomic mass is 9.67. The van der Waals surface area contributed by atoms with Gasteiger partial charge >= 0.3 is 0 Å². The van der Waals surface area contributed by atoms with Crippen LogP contribution in [0.5, 0.6) is 0 Å². The molecule has 1 nitrogen and oxygen atoms in total. The van der Waals surface area contributed by atoms with Gasteiger partial charge in [0.05, 0.1) is 5.60 Å². The van der Waals surface area contributed by atoms with Crippen LogP contribution in [0.15, 0.2) is 11.6 Å². The molecule has 0 aromatic rings. The summed E-state index contributed by atoms with van der Waals surface area (Å²) >= 11 is 0. The van der Waals surface area contributed by atoms with Gasteiger partial charge in [0.25, 0.3) is 0 Å². The standard InChI is InChI=1S/C15H26O/c1-11(2)13-7-9-14(4)8-5-12(3)6-10-15(13,14)16/h5,11,13,16H,6-10H2,1-4H3/t13?,14-,15-/m0/s1. The van der Waals surface area contributed by atoms with E-state index in [-0.39, 0.29) is 5.41 Å². The highest BCUT2D eigenvalue weighted by atomic mass is 16.3. The summed E-state index contributed by atoms with van der Waals surface area (Å²) in [6.07, 6.45) is 7.87. The van der Waals surface area contributed by atoms with Crippen LogP contribution in [0.4, 0.5) is 0 Å². The molecular formula is C15H26O. The predicted octanol–water partition coefficient (Wildman–Crippen LogP) is 3.92. The Morgan fingerprint density at radius 1 is 1.38 bits per heavy atom. The van der Waals surface area contributed by atoms with E-state index in [0.29, 0.717) is 11.8 Å². The molecule has 0 saturated heterocycles. The summed E-state index contributed by atoms with van der Waals surface area (Å²) in [6.45, 7) is 9.03. The molecule has 0 amide bonds. The van der Waals surface area contributed by atoms with Gasteiger partial charge in [-0.15, -0.1) is 0 Å². The third-order valence-electron chi connectivity index (χ3n) is 5.27. The molecule has 1 N–H and O–H groups in total. The number of aliphatic hydroxyl groups is 1. The first-order valence-electron chi connectivity index (χ1n) is 6.77. The first kappa shape index (κ1) is 12.2. The minimum atomic E-state index is -0.421. The van der Waals surface area contributed by atoms with E-state index in [1.807, 2.05) is 0 Å². The highest BCUT2D eigenvalue weighted by Crippen LogP contribution is 2.57. The van der Waals surface area contributed by atoms with Gasteiger partial charge in [-0.3, -0.25) is 0 Å². The second-order valence-electron chi connectivity index (χ2n) is 6.63. The molecule has 0 heterocycles. The smallest absolute Gasteiger partial charge is 0.0737 e. The van der Waals surface area contributed by atoms with Gasteiger partial charge in [-0.2, -0.15) is 0 Å². The molecule has 1 fully saturated rings.